The number of nitrogens with zero attached hydrogens (tertiary/aromatic N) is 3. The van der Waals surface area contributed by atoms with E-state index in [1.165, 1.54) is 0 Å². The van der Waals surface area contributed by atoms with Crippen molar-refractivity contribution in [1.82, 2.24) is 9.55 Å². The third kappa shape index (κ3) is 3.53. The van der Waals surface area contributed by atoms with Gasteiger partial charge in [-0.3, -0.25) is 19.0 Å². The molecular weight excluding hydrogens is 510 g/mol. The van der Waals surface area contributed by atoms with Gasteiger partial charge in [-0.1, -0.05) is 53.2 Å². The molecule has 1 aromatic rings. The second-order valence-corrected chi connectivity index (χ2v) is 15.7. The molecule has 41 heavy (non-hydrogen) atoms. The number of ketones is 2. The summed E-state index contributed by atoms with van der Waals surface area (Å²) in [5.41, 5.74) is 0.518. The van der Waals surface area contributed by atoms with E-state index in [4.69, 9.17) is 0 Å². The lowest BCUT2D eigenvalue weighted by atomic mass is 9.34. The van der Waals surface area contributed by atoms with Crippen LogP contribution >= 0.6 is 0 Å². The van der Waals surface area contributed by atoms with E-state index in [0.29, 0.717) is 0 Å². The second-order valence-electron chi connectivity index (χ2n) is 15.7. The number of allylic oxidation sites excluding steroid dienone is 4. The zero-order valence-electron chi connectivity index (χ0n) is 26.1. The van der Waals surface area contributed by atoms with Gasteiger partial charge in [0, 0.05) is 23.4 Å². The largest absolute Gasteiger partial charge is 0.295 e. The molecule has 8 atom stereocenters. The Balaban J connectivity index is 1.52. The second kappa shape index (κ2) is 8.62. The molecule has 1 heterocycles. The molecule has 0 radical (unpaired) electrons. The highest BCUT2D eigenvalue weighted by Gasteiger charge is 2.70. The number of imidazole rings is 1. The number of fused-ring (bicyclic) bond motifs is 7. The molecule has 1 aromatic heterocycles. The predicted molar refractivity (Wildman–Crippen MR) is 157 cm³/mol. The van der Waals surface area contributed by atoms with Gasteiger partial charge in [0.15, 0.2) is 11.6 Å². The Morgan fingerprint density at radius 3 is 2.34 bits per heavy atom. The standard InChI is InChI=1S/C35H45N3O3/c1-20-19-38(22(3)37-20)30(41)35-13-11-31(4,5)17-25(35)28-26(39)15-27-32(6)16-23(18-36)29(40)21(2)24(32)9-10-33(27,7)34(28,8)12-14-35/h15-16,19,21,24-25,28H,9-14,17H2,1-8H3/t21-,24-,25?,28?,32-,33+,34+,35-/m0/s1. The zero-order valence-corrected chi connectivity index (χ0v) is 26.1. The molecule has 6 nitrogen and oxygen atoms in total. The van der Waals surface area contributed by atoms with Crippen LogP contribution in [-0.2, 0) is 9.59 Å². The van der Waals surface area contributed by atoms with Gasteiger partial charge in [0.05, 0.1) is 16.7 Å². The zero-order chi connectivity index (χ0) is 29.9. The Bertz CT molecular complexity index is 1490. The number of rotatable bonds is 1. The van der Waals surface area contributed by atoms with Gasteiger partial charge in [-0.05, 0) is 93.0 Å². The van der Waals surface area contributed by atoms with Crippen LogP contribution in [0.3, 0.4) is 0 Å². The summed E-state index contributed by atoms with van der Waals surface area (Å²) < 4.78 is 1.76. The van der Waals surface area contributed by atoms with Crippen molar-refractivity contribution in [3.05, 3.63) is 41.0 Å². The van der Waals surface area contributed by atoms with E-state index in [-0.39, 0.29) is 63.0 Å². The first kappa shape index (κ1) is 28.3. The van der Waals surface area contributed by atoms with Gasteiger partial charge in [0.2, 0.25) is 5.91 Å². The highest BCUT2D eigenvalue weighted by molar-refractivity contribution is 6.02. The normalized spacial score (nSPS) is 43.0. The van der Waals surface area contributed by atoms with E-state index in [1.807, 2.05) is 39.1 Å². The Hall–Kier alpha value is -2.81. The summed E-state index contributed by atoms with van der Waals surface area (Å²) in [6.45, 7) is 17.2. The van der Waals surface area contributed by atoms with Crippen LogP contribution < -0.4 is 0 Å². The average molecular weight is 556 g/mol. The Morgan fingerprint density at radius 2 is 1.71 bits per heavy atom. The van der Waals surface area contributed by atoms with E-state index in [1.54, 1.807) is 4.57 Å². The lowest BCUT2D eigenvalue weighted by Gasteiger charge is -2.68. The molecule has 0 aliphatic heterocycles. The first-order valence-electron chi connectivity index (χ1n) is 15.6. The number of nitriles is 1. The van der Waals surface area contributed by atoms with Gasteiger partial charge in [-0.15, -0.1) is 0 Å². The van der Waals surface area contributed by atoms with Crippen molar-refractivity contribution < 1.29 is 14.4 Å². The van der Waals surface area contributed by atoms with Gasteiger partial charge in [-0.2, -0.15) is 5.26 Å². The summed E-state index contributed by atoms with van der Waals surface area (Å²) >= 11 is 0. The van der Waals surface area contributed by atoms with Crippen LogP contribution in [0.4, 0.5) is 0 Å². The molecular formula is C35H45N3O3. The summed E-state index contributed by atoms with van der Waals surface area (Å²) in [5, 5.41) is 9.84. The summed E-state index contributed by atoms with van der Waals surface area (Å²) in [5.74, 6) is 0.424. The molecule has 3 saturated carbocycles. The number of hydrogen-bond donors (Lipinski definition) is 0. The van der Waals surface area contributed by atoms with Crippen LogP contribution in [-0.4, -0.2) is 27.0 Å². The molecule has 0 aromatic carbocycles. The Labute approximate surface area is 244 Å². The fraction of sp³-hybridized carbons (Fsp3) is 0.686. The number of carbonyl (C=O) groups is 3. The summed E-state index contributed by atoms with van der Waals surface area (Å²) in [6.07, 6.45) is 11.6. The van der Waals surface area contributed by atoms with Crippen LogP contribution in [0, 0.1) is 75.9 Å². The fourth-order valence-corrected chi connectivity index (χ4v) is 10.7. The van der Waals surface area contributed by atoms with Crippen molar-refractivity contribution in [2.24, 2.45) is 50.7 Å². The van der Waals surface area contributed by atoms with Crippen molar-refractivity contribution in [3.63, 3.8) is 0 Å². The van der Waals surface area contributed by atoms with Gasteiger partial charge in [0.25, 0.3) is 0 Å². The molecule has 5 aliphatic carbocycles. The average Bonchev–Trinajstić information content (AvgIpc) is 3.24. The van der Waals surface area contributed by atoms with E-state index in [2.05, 4.69) is 45.7 Å². The van der Waals surface area contributed by atoms with Crippen LogP contribution in [0.25, 0.3) is 0 Å². The minimum Gasteiger partial charge on any atom is -0.295 e. The lowest BCUT2D eigenvalue weighted by Crippen LogP contribution is -2.65. The molecule has 218 valence electrons. The van der Waals surface area contributed by atoms with E-state index < -0.39 is 10.8 Å². The molecule has 6 rings (SSSR count). The van der Waals surface area contributed by atoms with Crippen LogP contribution in [0.1, 0.15) is 103 Å². The van der Waals surface area contributed by atoms with Crippen LogP contribution in [0.15, 0.2) is 29.5 Å². The Kier molecular flexibility index (Phi) is 5.95. The van der Waals surface area contributed by atoms with Gasteiger partial charge < -0.3 is 0 Å². The maximum absolute atomic E-state index is 14.6. The van der Waals surface area contributed by atoms with Gasteiger partial charge in [0.1, 0.15) is 11.9 Å². The lowest BCUT2D eigenvalue weighted by molar-refractivity contribution is -0.162. The monoisotopic (exact) mass is 555 g/mol. The molecule has 3 fully saturated rings. The molecule has 5 aliphatic rings. The van der Waals surface area contributed by atoms with Crippen LogP contribution in [0.2, 0.25) is 0 Å². The number of Topliss-reactive ketones (excluding diaryl/α,β-unsaturated/α-hetero) is 1. The summed E-state index contributed by atoms with van der Waals surface area (Å²) in [4.78, 5) is 46.7. The number of aryl methyl sites for hydroxylation is 2. The molecule has 0 spiro atoms. The highest BCUT2D eigenvalue weighted by atomic mass is 16.2. The maximum atomic E-state index is 14.6. The van der Waals surface area contributed by atoms with E-state index in [0.717, 1.165) is 62.0 Å². The fourth-order valence-electron chi connectivity index (χ4n) is 10.7. The third-order valence-corrected chi connectivity index (χ3v) is 13.2. The minimum atomic E-state index is -0.588. The van der Waals surface area contributed by atoms with E-state index in [9.17, 15) is 19.6 Å². The maximum Gasteiger partial charge on any atom is 0.238 e. The van der Waals surface area contributed by atoms with Gasteiger partial charge in [-0.25, -0.2) is 4.98 Å². The SMILES string of the molecule is Cc1cn(C(=O)[C@]23CCC(C)(C)CC2C2C(=O)C=C4[C@@]5(C)C=C(C#N)C(=O)[C@@H](C)[C@@H]5CC[C@@]4(C)[C@]2(C)CC3)c(C)n1. The minimum absolute atomic E-state index is 0.0466. The molecule has 0 N–H and O–H groups in total. The number of hydrogen-bond acceptors (Lipinski definition) is 5. The van der Waals surface area contributed by atoms with Crippen LogP contribution in [0.5, 0.6) is 0 Å². The number of aromatic nitrogens is 2. The molecule has 0 saturated heterocycles. The highest BCUT2D eigenvalue weighted by Crippen LogP contribution is 2.74. The molecule has 2 unspecified atom stereocenters. The topological polar surface area (TPSA) is 92.8 Å². The molecule has 0 bridgehead atoms. The Morgan fingerprint density at radius 1 is 1.02 bits per heavy atom. The van der Waals surface area contributed by atoms with E-state index >= 15 is 0 Å². The van der Waals surface area contributed by atoms with Gasteiger partial charge >= 0.3 is 0 Å². The van der Waals surface area contributed by atoms with Crippen molar-refractivity contribution in [2.45, 2.75) is 100 Å². The smallest absolute Gasteiger partial charge is 0.238 e. The summed E-state index contributed by atoms with van der Waals surface area (Å²) in [6, 6.07) is 2.17. The van der Waals surface area contributed by atoms with Crippen molar-refractivity contribution >= 4 is 17.5 Å². The third-order valence-electron chi connectivity index (χ3n) is 13.2. The van der Waals surface area contributed by atoms with Crippen molar-refractivity contribution in [1.29, 1.82) is 5.26 Å². The first-order valence-corrected chi connectivity index (χ1v) is 15.6. The first-order chi connectivity index (χ1) is 19.0. The predicted octanol–water partition coefficient (Wildman–Crippen LogP) is 6.97. The summed E-state index contributed by atoms with van der Waals surface area (Å²) in [7, 11) is 0. The van der Waals surface area contributed by atoms with Crippen molar-refractivity contribution in [3.8, 4) is 6.07 Å². The quantitative estimate of drug-likeness (QED) is 0.373. The number of carbonyl (C=O) groups excluding carboxylic acids is 3. The molecule has 6 heteroatoms. The van der Waals surface area contributed by atoms with Crippen molar-refractivity contribution in [2.75, 3.05) is 0 Å². The molecule has 0 amide bonds.